The highest BCUT2D eigenvalue weighted by Gasteiger charge is 2.42. The number of aliphatic hydroxyl groups is 1. The van der Waals surface area contributed by atoms with Crippen molar-refractivity contribution >= 4 is 34.6 Å². The summed E-state index contributed by atoms with van der Waals surface area (Å²) in [5.41, 5.74) is 0.780. The van der Waals surface area contributed by atoms with Gasteiger partial charge in [0.2, 0.25) is 0 Å². The SMILES string of the molecule is COc1ccc2ncc(Cl)c([C@H](CCO)[C@@H]3CCN(C(=O)OC(C)(C)C)C[C@H]3C(=O)O)c2c1. The molecule has 0 spiro atoms. The zero-order valence-electron chi connectivity index (χ0n) is 19.4. The molecule has 1 amide bonds. The Hall–Kier alpha value is -2.58. The summed E-state index contributed by atoms with van der Waals surface area (Å²) in [4.78, 5) is 30.7. The van der Waals surface area contributed by atoms with Crippen molar-refractivity contribution in [2.75, 3.05) is 26.8 Å². The fourth-order valence-electron chi connectivity index (χ4n) is 4.59. The van der Waals surface area contributed by atoms with E-state index in [2.05, 4.69) is 4.98 Å². The number of methoxy groups -OCH3 is 1. The van der Waals surface area contributed by atoms with E-state index in [-0.39, 0.29) is 25.0 Å². The maximum Gasteiger partial charge on any atom is 0.410 e. The Labute approximate surface area is 198 Å². The number of pyridine rings is 1. The number of ether oxygens (including phenoxy) is 2. The van der Waals surface area contributed by atoms with Crippen LogP contribution in [0.15, 0.2) is 24.4 Å². The second-order valence-corrected chi connectivity index (χ2v) is 9.75. The first kappa shape index (κ1) is 25.1. The Morgan fingerprint density at radius 3 is 2.67 bits per heavy atom. The zero-order chi connectivity index (χ0) is 24.3. The Morgan fingerprint density at radius 1 is 1.33 bits per heavy atom. The van der Waals surface area contributed by atoms with Crippen LogP contribution in [-0.2, 0) is 9.53 Å². The van der Waals surface area contributed by atoms with Gasteiger partial charge in [-0.15, -0.1) is 0 Å². The molecule has 2 aromatic rings. The molecule has 1 aromatic carbocycles. The highest BCUT2D eigenvalue weighted by Crippen LogP contribution is 2.44. The summed E-state index contributed by atoms with van der Waals surface area (Å²) in [7, 11) is 1.57. The van der Waals surface area contributed by atoms with Crippen LogP contribution in [0.4, 0.5) is 4.79 Å². The Kier molecular flexibility index (Phi) is 7.69. The molecule has 3 atom stereocenters. The third-order valence-corrected chi connectivity index (χ3v) is 6.33. The first-order valence-corrected chi connectivity index (χ1v) is 11.4. The number of hydrogen-bond acceptors (Lipinski definition) is 6. The van der Waals surface area contributed by atoms with Crippen LogP contribution in [0.2, 0.25) is 5.02 Å². The van der Waals surface area contributed by atoms with Gasteiger partial charge in [-0.2, -0.15) is 0 Å². The number of carboxylic acids is 1. The average Bonchev–Trinajstić information content (AvgIpc) is 2.76. The van der Waals surface area contributed by atoms with Gasteiger partial charge in [-0.25, -0.2) is 4.79 Å². The number of fused-ring (bicyclic) bond motifs is 1. The number of carboxylic acid groups (broad SMARTS) is 1. The lowest BCUT2D eigenvalue weighted by Gasteiger charge is -2.41. The summed E-state index contributed by atoms with van der Waals surface area (Å²) in [5, 5.41) is 21.1. The lowest BCUT2D eigenvalue weighted by atomic mass is 9.72. The minimum Gasteiger partial charge on any atom is -0.497 e. The number of rotatable bonds is 6. The molecule has 1 aliphatic rings. The molecule has 1 fully saturated rings. The maximum atomic E-state index is 12.6. The van der Waals surface area contributed by atoms with Gasteiger partial charge >= 0.3 is 12.1 Å². The fourth-order valence-corrected chi connectivity index (χ4v) is 4.88. The van der Waals surface area contributed by atoms with E-state index in [9.17, 15) is 19.8 Å². The van der Waals surface area contributed by atoms with Crippen LogP contribution >= 0.6 is 11.6 Å². The van der Waals surface area contributed by atoms with E-state index in [1.807, 2.05) is 12.1 Å². The molecule has 180 valence electrons. The smallest absolute Gasteiger partial charge is 0.410 e. The van der Waals surface area contributed by atoms with Crippen LogP contribution in [0.25, 0.3) is 10.9 Å². The van der Waals surface area contributed by atoms with Gasteiger partial charge in [0.05, 0.1) is 23.6 Å². The van der Waals surface area contributed by atoms with E-state index in [4.69, 9.17) is 21.1 Å². The molecule has 0 unspecified atom stereocenters. The number of aromatic nitrogens is 1. The number of benzene rings is 1. The number of carbonyl (C=O) groups excluding carboxylic acids is 1. The molecule has 0 saturated carbocycles. The predicted molar refractivity (Wildman–Crippen MR) is 125 cm³/mol. The summed E-state index contributed by atoms with van der Waals surface area (Å²) in [6.45, 7) is 5.57. The molecule has 0 aliphatic carbocycles. The molecule has 0 bridgehead atoms. The monoisotopic (exact) mass is 478 g/mol. The van der Waals surface area contributed by atoms with Crippen molar-refractivity contribution < 1.29 is 29.3 Å². The van der Waals surface area contributed by atoms with E-state index in [0.29, 0.717) is 35.7 Å². The largest absolute Gasteiger partial charge is 0.497 e. The second kappa shape index (κ2) is 10.1. The van der Waals surface area contributed by atoms with Crippen LogP contribution in [0.3, 0.4) is 0 Å². The minimum absolute atomic E-state index is 0.0286. The number of amides is 1. The van der Waals surface area contributed by atoms with Gasteiger partial charge < -0.3 is 24.6 Å². The van der Waals surface area contributed by atoms with E-state index in [1.165, 1.54) is 4.90 Å². The highest BCUT2D eigenvalue weighted by molar-refractivity contribution is 6.32. The molecule has 1 saturated heterocycles. The number of hydrogen-bond donors (Lipinski definition) is 2. The molecule has 1 aromatic heterocycles. The van der Waals surface area contributed by atoms with Crippen molar-refractivity contribution in [1.29, 1.82) is 0 Å². The molecular weight excluding hydrogens is 448 g/mol. The van der Waals surface area contributed by atoms with Crippen molar-refractivity contribution in [3.63, 3.8) is 0 Å². The maximum absolute atomic E-state index is 12.6. The lowest BCUT2D eigenvalue weighted by molar-refractivity contribution is -0.146. The fraction of sp³-hybridized carbons (Fsp3) is 0.542. The van der Waals surface area contributed by atoms with Crippen LogP contribution < -0.4 is 4.74 Å². The third-order valence-electron chi connectivity index (χ3n) is 6.03. The average molecular weight is 479 g/mol. The Morgan fingerprint density at radius 2 is 2.06 bits per heavy atom. The van der Waals surface area contributed by atoms with E-state index in [1.54, 1.807) is 40.1 Å². The first-order chi connectivity index (χ1) is 15.6. The minimum atomic E-state index is -0.997. The summed E-state index contributed by atoms with van der Waals surface area (Å²) in [5.74, 6) is -1.90. The van der Waals surface area contributed by atoms with Crippen LogP contribution in [0.1, 0.15) is 45.1 Å². The highest BCUT2D eigenvalue weighted by atomic mass is 35.5. The standard InChI is InChI=1S/C24H31ClN2O6/c1-24(2,3)33-23(31)27-9-7-15(18(13-27)22(29)30)16(8-10-28)21-17-11-14(32-4)5-6-20(17)26-12-19(21)25/h5-6,11-12,15-16,18,28H,7-10,13H2,1-4H3,(H,29,30)/t15-,16+,18+/m0/s1. The van der Waals surface area contributed by atoms with Gasteiger partial charge in [-0.05, 0) is 69.2 Å². The van der Waals surface area contributed by atoms with Crippen molar-refractivity contribution in [3.05, 3.63) is 35.0 Å². The number of halogens is 1. The molecule has 33 heavy (non-hydrogen) atoms. The van der Waals surface area contributed by atoms with E-state index in [0.717, 1.165) is 10.9 Å². The summed E-state index contributed by atoms with van der Waals surface area (Å²) in [6.07, 6.45) is 1.80. The normalized spacial score (nSPS) is 19.9. The van der Waals surface area contributed by atoms with Gasteiger partial charge in [0.25, 0.3) is 0 Å². The molecular formula is C24H31ClN2O6. The molecule has 8 nitrogen and oxygen atoms in total. The number of piperidine rings is 1. The topological polar surface area (TPSA) is 109 Å². The predicted octanol–water partition coefficient (Wildman–Crippen LogP) is 4.32. The van der Waals surface area contributed by atoms with Crippen LogP contribution in [-0.4, -0.2) is 64.6 Å². The number of aliphatic carboxylic acids is 1. The quantitative estimate of drug-likeness (QED) is 0.636. The van der Waals surface area contributed by atoms with Gasteiger partial charge in [0, 0.05) is 31.3 Å². The Balaban J connectivity index is 2.01. The number of carbonyl (C=O) groups is 2. The third kappa shape index (κ3) is 5.68. The van der Waals surface area contributed by atoms with Crippen LogP contribution in [0.5, 0.6) is 5.75 Å². The van der Waals surface area contributed by atoms with Gasteiger partial charge in [-0.3, -0.25) is 9.78 Å². The molecule has 2 heterocycles. The molecule has 3 rings (SSSR count). The van der Waals surface area contributed by atoms with Crippen molar-refractivity contribution in [2.45, 2.75) is 45.1 Å². The number of likely N-dealkylation sites (tertiary alicyclic amines) is 1. The molecule has 2 N–H and O–H groups in total. The zero-order valence-corrected chi connectivity index (χ0v) is 20.1. The van der Waals surface area contributed by atoms with Gasteiger partial charge in [0.15, 0.2) is 0 Å². The summed E-state index contributed by atoms with van der Waals surface area (Å²) in [6, 6.07) is 5.46. The van der Waals surface area contributed by atoms with E-state index >= 15 is 0 Å². The molecule has 1 aliphatic heterocycles. The molecule has 9 heteroatoms. The van der Waals surface area contributed by atoms with Crippen molar-refractivity contribution in [2.24, 2.45) is 11.8 Å². The first-order valence-electron chi connectivity index (χ1n) is 11.0. The second-order valence-electron chi connectivity index (χ2n) is 9.35. The lowest BCUT2D eigenvalue weighted by Crippen LogP contribution is -2.49. The van der Waals surface area contributed by atoms with Crippen LogP contribution in [0, 0.1) is 11.8 Å². The molecule has 0 radical (unpaired) electrons. The number of aliphatic hydroxyl groups excluding tert-OH is 1. The Bertz CT molecular complexity index is 1020. The van der Waals surface area contributed by atoms with Crippen molar-refractivity contribution in [1.82, 2.24) is 9.88 Å². The number of nitrogens with zero attached hydrogens (tertiary/aromatic N) is 2. The van der Waals surface area contributed by atoms with E-state index < -0.39 is 23.6 Å². The summed E-state index contributed by atoms with van der Waals surface area (Å²) < 4.78 is 10.8. The van der Waals surface area contributed by atoms with Crippen molar-refractivity contribution in [3.8, 4) is 5.75 Å². The van der Waals surface area contributed by atoms with Gasteiger partial charge in [0.1, 0.15) is 11.4 Å². The van der Waals surface area contributed by atoms with Gasteiger partial charge in [-0.1, -0.05) is 11.6 Å². The summed E-state index contributed by atoms with van der Waals surface area (Å²) >= 11 is 6.61.